The van der Waals surface area contributed by atoms with E-state index >= 15 is 0 Å². The van der Waals surface area contributed by atoms with E-state index in [-0.39, 0.29) is 11.4 Å². The number of anilines is 1. The number of hydrazine groups is 1. The van der Waals surface area contributed by atoms with Gasteiger partial charge in [0.15, 0.2) is 0 Å². The van der Waals surface area contributed by atoms with Crippen molar-refractivity contribution in [3.8, 4) is 0 Å². The Morgan fingerprint density at radius 3 is 2.08 bits per heavy atom. The molecule has 1 aromatic carbocycles. The third-order valence-corrected chi connectivity index (χ3v) is 1.43. The normalized spacial score (nSPS) is 11.4. The van der Waals surface area contributed by atoms with Crippen molar-refractivity contribution in [2.75, 3.05) is 5.43 Å². The number of hydrogen-bond donors (Lipinski definition) is 2. The van der Waals surface area contributed by atoms with Crippen molar-refractivity contribution < 1.29 is 4.39 Å². The van der Waals surface area contributed by atoms with Crippen molar-refractivity contribution in [3.63, 3.8) is 0 Å². The van der Waals surface area contributed by atoms with Crippen LogP contribution in [-0.2, 0) is 0 Å². The summed E-state index contributed by atoms with van der Waals surface area (Å²) in [7, 11) is 0. The van der Waals surface area contributed by atoms with Crippen LogP contribution in [0, 0.1) is 5.82 Å². The van der Waals surface area contributed by atoms with Gasteiger partial charge < -0.3 is 5.43 Å². The zero-order valence-electron chi connectivity index (χ0n) is 8.19. The van der Waals surface area contributed by atoms with Crippen LogP contribution in [0.25, 0.3) is 0 Å². The quantitative estimate of drug-likeness (QED) is 0.687. The second-order valence-corrected chi connectivity index (χ2v) is 4.01. The molecule has 0 aliphatic rings. The van der Waals surface area contributed by atoms with Gasteiger partial charge in [-0.05, 0) is 45.0 Å². The SMILES string of the molecule is CC(C)(C)NNc1ccc(F)cc1. The minimum atomic E-state index is -0.221. The van der Waals surface area contributed by atoms with Crippen molar-refractivity contribution in [2.24, 2.45) is 0 Å². The zero-order valence-corrected chi connectivity index (χ0v) is 8.19. The van der Waals surface area contributed by atoms with Gasteiger partial charge in [0.2, 0.25) is 0 Å². The van der Waals surface area contributed by atoms with E-state index < -0.39 is 0 Å². The molecule has 0 aromatic heterocycles. The Hall–Kier alpha value is -1.09. The molecule has 0 saturated carbocycles. The van der Waals surface area contributed by atoms with Gasteiger partial charge >= 0.3 is 0 Å². The zero-order chi connectivity index (χ0) is 9.90. The molecule has 0 aliphatic heterocycles. The lowest BCUT2D eigenvalue weighted by Gasteiger charge is -2.21. The molecule has 0 spiro atoms. The fourth-order valence-corrected chi connectivity index (χ4v) is 0.793. The summed E-state index contributed by atoms with van der Waals surface area (Å²) in [6.45, 7) is 6.14. The summed E-state index contributed by atoms with van der Waals surface area (Å²) in [5.41, 5.74) is 6.93. The maximum atomic E-state index is 12.5. The number of halogens is 1. The average Bonchev–Trinajstić information content (AvgIpc) is 2.02. The van der Waals surface area contributed by atoms with Gasteiger partial charge in [-0.1, -0.05) is 0 Å². The Labute approximate surface area is 78.1 Å². The van der Waals surface area contributed by atoms with E-state index in [0.29, 0.717) is 0 Å². The van der Waals surface area contributed by atoms with Crippen molar-refractivity contribution in [2.45, 2.75) is 26.3 Å². The molecule has 0 heterocycles. The topological polar surface area (TPSA) is 24.1 Å². The van der Waals surface area contributed by atoms with E-state index in [1.165, 1.54) is 12.1 Å². The molecule has 72 valence electrons. The molecule has 0 amide bonds. The van der Waals surface area contributed by atoms with Gasteiger partial charge in [-0.2, -0.15) is 0 Å². The third-order valence-electron chi connectivity index (χ3n) is 1.43. The first-order valence-corrected chi connectivity index (χ1v) is 4.26. The number of rotatable bonds is 2. The molecule has 2 N–H and O–H groups in total. The van der Waals surface area contributed by atoms with Gasteiger partial charge in [0, 0.05) is 11.2 Å². The maximum Gasteiger partial charge on any atom is 0.123 e. The van der Waals surface area contributed by atoms with Gasteiger partial charge in [-0.25, -0.2) is 9.82 Å². The lowest BCUT2D eigenvalue weighted by molar-refractivity contribution is 0.465. The number of benzene rings is 1. The summed E-state index contributed by atoms with van der Waals surface area (Å²) < 4.78 is 12.5. The van der Waals surface area contributed by atoms with Crippen molar-refractivity contribution in [3.05, 3.63) is 30.1 Å². The predicted octanol–water partition coefficient (Wildman–Crippen LogP) is 2.54. The molecule has 2 nitrogen and oxygen atoms in total. The first-order chi connectivity index (χ1) is 5.97. The molecular weight excluding hydrogens is 167 g/mol. The van der Waals surface area contributed by atoms with E-state index in [4.69, 9.17) is 0 Å². The van der Waals surface area contributed by atoms with Crippen LogP contribution in [0.5, 0.6) is 0 Å². The molecule has 3 heteroatoms. The summed E-state index contributed by atoms with van der Waals surface area (Å²) in [6.07, 6.45) is 0. The molecular formula is C10H15FN2. The number of nitrogens with one attached hydrogen (secondary N) is 2. The van der Waals surface area contributed by atoms with Crippen LogP contribution in [0.1, 0.15) is 20.8 Å². The van der Waals surface area contributed by atoms with Crippen LogP contribution in [0.2, 0.25) is 0 Å². The summed E-state index contributed by atoms with van der Waals surface area (Å²) in [6, 6.07) is 6.22. The van der Waals surface area contributed by atoms with Gasteiger partial charge in [-0.15, -0.1) is 0 Å². The van der Waals surface area contributed by atoms with Crippen molar-refractivity contribution >= 4 is 5.69 Å². The van der Waals surface area contributed by atoms with E-state index in [2.05, 4.69) is 10.9 Å². The second-order valence-electron chi connectivity index (χ2n) is 4.01. The van der Waals surface area contributed by atoms with E-state index in [1.54, 1.807) is 12.1 Å². The van der Waals surface area contributed by atoms with Gasteiger partial charge in [-0.3, -0.25) is 0 Å². The van der Waals surface area contributed by atoms with Gasteiger partial charge in [0.05, 0.1) is 0 Å². The highest BCUT2D eigenvalue weighted by atomic mass is 19.1. The van der Waals surface area contributed by atoms with Gasteiger partial charge in [0.1, 0.15) is 5.82 Å². The molecule has 13 heavy (non-hydrogen) atoms. The average molecular weight is 182 g/mol. The molecule has 0 radical (unpaired) electrons. The Morgan fingerprint density at radius 1 is 1.08 bits per heavy atom. The van der Waals surface area contributed by atoms with Crippen LogP contribution >= 0.6 is 0 Å². The van der Waals surface area contributed by atoms with Crippen molar-refractivity contribution in [1.29, 1.82) is 0 Å². The fraction of sp³-hybridized carbons (Fsp3) is 0.400. The molecule has 0 atom stereocenters. The summed E-state index contributed by atoms with van der Waals surface area (Å²) in [5, 5.41) is 0. The lowest BCUT2D eigenvalue weighted by Crippen LogP contribution is -2.40. The van der Waals surface area contributed by atoms with Crippen molar-refractivity contribution in [1.82, 2.24) is 5.43 Å². The largest absolute Gasteiger partial charge is 0.321 e. The predicted molar refractivity (Wildman–Crippen MR) is 52.9 cm³/mol. The monoisotopic (exact) mass is 182 g/mol. The first-order valence-electron chi connectivity index (χ1n) is 4.26. The molecule has 1 aromatic rings. The second kappa shape index (κ2) is 3.75. The van der Waals surface area contributed by atoms with Crippen LogP contribution in [0.15, 0.2) is 24.3 Å². The smallest absolute Gasteiger partial charge is 0.123 e. The summed E-state index contributed by atoms with van der Waals surface area (Å²) in [4.78, 5) is 0. The minimum Gasteiger partial charge on any atom is -0.321 e. The maximum absolute atomic E-state index is 12.5. The Kier molecular flexibility index (Phi) is 2.88. The van der Waals surface area contributed by atoms with E-state index in [9.17, 15) is 4.39 Å². The fourth-order valence-electron chi connectivity index (χ4n) is 0.793. The van der Waals surface area contributed by atoms with E-state index in [0.717, 1.165) is 5.69 Å². The van der Waals surface area contributed by atoms with Crippen LogP contribution < -0.4 is 10.9 Å². The lowest BCUT2D eigenvalue weighted by atomic mass is 10.1. The standard InChI is InChI=1S/C10H15FN2/c1-10(2,3)13-12-9-6-4-8(11)5-7-9/h4-7,12-13H,1-3H3. The molecule has 0 bridgehead atoms. The summed E-state index contributed by atoms with van der Waals surface area (Å²) in [5.74, 6) is -0.221. The number of hydrogen-bond acceptors (Lipinski definition) is 2. The Bertz CT molecular complexity index is 261. The Balaban J connectivity index is 2.51. The molecule has 0 aliphatic carbocycles. The molecule has 0 saturated heterocycles. The molecule has 0 unspecified atom stereocenters. The summed E-state index contributed by atoms with van der Waals surface area (Å²) >= 11 is 0. The van der Waals surface area contributed by atoms with E-state index in [1.807, 2.05) is 20.8 Å². The van der Waals surface area contributed by atoms with Crippen LogP contribution in [-0.4, -0.2) is 5.54 Å². The highest BCUT2D eigenvalue weighted by molar-refractivity contribution is 5.41. The highest BCUT2D eigenvalue weighted by Crippen LogP contribution is 2.08. The van der Waals surface area contributed by atoms with Gasteiger partial charge in [0.25, 0.3) is 0 Å². The van der Waals surface area contributed by atoms with Crippen LogP contribution in [0.3, 0.4) is 0 Å². The third kappa shape index (κ3) is 3.90. The van der Waals surface area contributed by atoms with Crippen LogP contribution in [0.4, 0.5) is 10.1 Å². The first kappa shape index (κ1) is 9.99. The highest BCUT2D eigenvalue weighted by Gasteiger charge is 2.07. The molecule has 0 fully saturated rings. The minimum absolute atomic E-state index is 0.00557. The Morgan fingerprint density at radius 2 is 1.62 bits per heavy atom. The molecule has 1 rings (SSSR count).